The highest BCUT2D eigenvalue weighted by molar-refractivity contribution is 5.82. The van der Waals surface area contributed by atoms with E-state index < -0.39 is 0 Å². The van der Waals surface area contributed by atoms with Crippen LogP contribution in [0.3, 0.4) is 0 Å². The zero-order chi connectivity index (χ0) is 21.6. The summed E-state index contributed by atoms with van der Waals surface area (Å²) >= 11 is 0. The highest BCUT2D eigenvalue weighted by Gasteiger charge is 2.08. The molecular formula is C25H26N4O2. The second-order valence-corrected chi connectivity index (χ2v) is 7.33. The van der Waals surface area contributed by atoms with E-state index in [2.05, 4.69) is 52.5 Å². The molecule has 1 aromatic heterocycles. The molecule has 0 spiro atoms. The summed E-state index contributed by atoms with van der Waals surface area (Å²) in [6.07, 6.45) is 1.73. The number of fused-ring (bicyclic) bond motifs is 1. The lowest BCUT2D eigenvalue weighted by Crippen LogP contribution is -2.02. The molecule has 1 heterocycles. The average Bonchev–Trinajstić information content (AvgIpc) is 3.18. The lowest BCUT2D eigenvalue weighted by Gasteiger charge is -2.14. The number of anilines is 1. The van der Waals surface area contributed by atoms with Crippen molar-refractivity contribution in [3.63, 3.8) is 0 Å². The summed E-state index contributed by atoms with van der Waals surface area (Å²) in [5.41, 5.74) is 9.29. The fourth-order valence-electron chi connectivity index (χ4n) is 3.28. The van der Waals surface area contributed by atoms with E-state index in [1.807, 2.05) is 49.4 Å². The quantitative estimate of drug-likeness (QED) is 0.291. The number of para-hydroxylation sites is 2. The van der Waals surface area contributed by atoms with Gasteiger partial charge in [-0.25, -0.2) is 10.4 Å². The van der Waals surface area contributed by atoms with Crippen molar-refractivity contribution in [2.24, 2.45) is 5.10 Å². The van der Waals surface area contributed by atoms with Gasteiger partial charge < -0.3 is 14.5 Å². The first-order valence-corrected chi connectivity index (χ1v) is 10.3. The Bertz CT molecular complexity index is 1180. The maximum Gasteiger partial charge on any atom is 0.222 e. The van der Waals surface area contributed by atoms with Crippen molar-refractivity contribution in [3.8, 4) is 11.5 Å². The number of hydrazone groups is 1. The third-order valence-corrected chi connectivity index (χ3v) is 4.93. The Hall–Kier alpha value is -3.80. The van der Waals surface area contributed by atoms with Crippen LogP contribution in [-0.2, 0) is 6.61 Å². The van der Waals surface area contributed by atoms with E-state index in [9.17, 15) is 0 Å². The summed E-state index contributed by atoms with van der Waals surface area (Å²) < 4.78 is 11.9. The zero-order valence-corrected chi connectivity index (χ0v) is 18.0. The summed E-state index contributed by atoms with van der Waals surface area (Å²) in [5.74, 6) is 2.00. The Balaban J connectivity index is 1.45. The summed E-state index contributed by atoms with van der Waals surface area (Å²) in [4.78, 5) is 7.63. The Morgan fingerprint density at radius 1 is 1.00 bits per heavy atom. The van der Waals surface area contributed by atoms with Crippen molar-refractivity contribution >= 4 is 23.2 Å². The second kappa shape index (κ2) is 9.34. The molecule has 0 fully saturated rings. The molecule has 0 atom stereocenters. The van der Waals surface area contributed by atoms with Gasteiger partial charge in [-0.1, -0.05) is 35.9 Å². The molecule has 6 heteroatoms. The molecule has 4 rings (SSSR count). The zero-order valence-electron chi connectivity index (χ0n) is 18.0. The maximum absolute atomic E-state index is 6.07. The first-order chi connectivity index (χ1) is 15.1. The van der Waals surface area contributed by atoms with Crippen LogP contribution in [0.5, 0.6) is 11.5 Å². The Morgan fingerprint density at radius 2 is 1.87 bits per heavy atom. The van der Waals surface area contributed by atoms with Crippen molar-refractivity contribution in [2.45, 2.75) is 27.4 Å². The largest absolute Gasteiger partial charge is 0.490 e. The van der Waals surface area contributed by atoms with E-state index in [0.29, 0.717) is 30.7 Å². The fraction of sp³-hybridized carbons (Fsp3) is 0.200. The number of aromatic nitrogens is 2. The predicted molar refractivity (Wildman–Crippen MR) is 125 cm³/mol. The summed E-state index contributed by atoms with van der Waals surface area (Å²) in [6.45, 7) is 7.18. The van der Waals surface area contributed by atoms with Crippen LogP contribution in [-0.4, -0.2) is 22.8 Å². The average molecular weight is 415 g/mol. The normalized spacial score (nSPS) is 11.2. The van der Waals surface area contributed by atoms with Crippen LogP contribution in [0.15, 0.2) is 65.8 Å². The first-order valence-electron chi connectivity index (χ1n) is 10.3. The van der Waals surface area contributed by atoms with Crippen LogP contribution in [0, 0.1) is 13.8 Å². The molecule has 0 aliphatic heterocycles. The number of nitrogens with zero attached hydrogens (tertiary/aromatic N) is 2. The number of benzene rings is 3. The standard InChI is InChI=1S/C25H26N4O2/c1-4-30-24-14-19(15-26-29-25-27-21-7-5-6-8-22(21)28-25)11-12-23(24)31-16-20-13-17(2)9-10-18(20)3/h5-15H,4,16H2,1-3H3,(H2,27,28,29)/b26-15-. The van der Waals surface area contributed by atoms with Gasteiger partial charge in [0.1, 0.15) is 6.61 Å². The van der Waals surface area contributed by atoms with Gasteiger partial charge in [0.2, 0.25) is 5.95 Å². The van der Waals surface area contributed by atoms with E-state index in [1.54, 1.807) is 6.21 Å². The molecule has 158 valence electrons. The molecule has 0 saturated carbocycles. The minimum absolute atomic E-state index is 0.495. The van der Waals surface area contributed by atoms with Gasteiger partial charge in [0, 0.05) is 0 Å². The van der Waals surface area contributed by atoms with Crippen LogP contribution in [0.2, 0.25) is 0 Å². The van der Waals surface area contributed by atoms with Gasteiger partial charge in [0.05, 0.1) is 23.9 Å². The molecular weight excluding hydrogens is 388 g/mol. The van der Waals surface area contributed by atoms with Crippen molar-refractivity contribution < 1.29 is 9.47 Å². The minimum atomic E-state index is 0.495. The van der Waals surface area contributed by atoms with Crippen LogP contribution in [0.25, 0.3) is 11.0 Å². The van der Waals surface area contributed by atoms with Gasteiger partial charge in [-0.05, 0) is 67.8 Å². The SMILES string of the molecule is CCOc1cc(/C=N\Nc2nc3ccccc3[nH]2)ccc1OCc1cc(C)ccc1C. The highest BCUT2D eigenvalue weighted by atomic mass is 16.5. The second-order valence-electron chi connectivity index (χ2n) is 7.33. The predicted octanol–water partition coefficient (Wildman–Crippen LogP) is 5.60. The number of imidazole rings is 1. The van der Waals surface area contributed by atoms with Gasteiger partial charge in [-0.2, -0.15) is 5.10 Å². The van der Waals surface area contributed by atoms with Gasteiger partial charge in [0.15, 0.2) is 11.5 Å². The molecule has 0 saturated heterocycles. The minimum Gasteiger partial charge on any atom is -0.490 e. The van der Waals surface area contributed by atoms with Crippen LogP contribution >= 0.6 is 0 Å². The third kappa shape index (κ3) is 5.04. The lowest BCUT2D eigenvalue weighted by atomic mass is 10.1. The van der Waals surface area contributed by atoms with Crippen molar-refractivity contribution in [1.29, 1.82) is 0 Å². The van der Waals surface area contributed by atoms with Crippen molar-refractivity contribution in [2.75, 3.05) is 12.0 Å². The maximum atomic E-state index is 6.07. The summed E-state index contributed by atoms with van der Waals surface area (Å²) in [5, 5.41) is 4.29. The third-order valence-electron chi connectivity index (χ3n) is 4.93. The van der Waals surface area contributed by atoms with Crippen molar-refractivity contribution in [1.82, 2.24) is 9.97 Å². The van der Waals surface area contributed by atoms with E-state index in [-0.39, 0.29) is 0 Å². The number of rotatable bonds is 8. The van der Waals surface area contributed by atoms with Crippen molar-refractivity contribution in [3.05, 3.63) is 82.9 Å². The first kappa shape index (κ1) is 20.5. The van der Waals surface area contributed by atoms with Gasteiger partial charge in [0.25, 0.3) is 0 Å². The monoisotopic (exact) mass is 414 g/mol. The number of nitrogens with one attached hydrogen (secondary N) is 2. The Kier molecular flexibility index (Phi) is 6.17. The smallest absolute Gasteiger partial charge is 0.222 e. The lowest BCUT2D eigenvalue weighted by molar-refractivity contribution is 0.269. The number of hydrogen-bond acceptors (Lipinski definition) is 5. The molecule has 0 radical (unpaired) electrons. The molecule has 6 nitrogen and oxygen atoms in total. The highest BCUT2D eigenvalue weighted by Crippen LogP contribution is 2.29. The number of aromatic amines is 1. The number of ether oxygens (including phenoxy) is 2. The molecule has 0 aliphatic rings. The molecule has 0 bridgehead atoms. The Morgan fingerprint density at radius 3 is 2.71 bits per heavy atom. The van der Waals surface area contributed by atoms with E-state index in [0.717, 1.165) is 16.6 Å². The topological polar surface area (TPSA) is 71.5 Å². The number of hydrogen-bond donors (Lipinski definition) is 2. The molecule has 3 aromatic carbocycles. The molecule has 31 heavy (non-hydrogen) atoms. The van der Waals surface area contributed by atoms with Crippen LogP contribution in [0.1, 0.15) is 29.2 Å². The molecule has 4 aromatic rings. The molecule has 0 unspecified atom stereocenters. The van der Waals surface area contributed by atoms with E-state index in [4.69, 9.17) is 9.47 Å². The molecule has 2 N–H and O–H groups in total. The fourth-order valence-corrected chi connectivity index (χ4v) is 3.28. The van der Waals surface area contributed by atoms with Gasteiger partial charge in [-0.15, -0.1) is 0 Å². The van der Waals surface area contributed by atoms with Crippen LogP contribution < -0.4 is 14.9 Å². The molecule has 0 aliphatic carbocycles. The van der Waals surface area contributed by atoms with Crippen LogP contribution in [0.4, 0.5) is 5.95 Å². The van der Waals surface area contributed by atoms with Gasteiger partial charge >= 0.3 is 0 Å². The molecule has 0 amide bonds. The number of H-pyrrole nitrogens is 1. The van der Waals surface area contributed by atoms with E-state index in [1.165, 1.54) is 16.7 Å². The number of aryl methyl sites for hydroxylation is 2. The van der Waals surface area contributed by atoms with Gasteiger partial charge in [-0.3, -0.25) is 0 Å². The Labute approximate surface area is 181 Å². The van der Waals surface area contributed by atoms with E-state index >= 15 is 0 Å². The summed E-state index contributed by atoms with van der Waals surface area (Å²) in [7, 11) is 0. The summed E-state index contributed by atoms with van der Waals surface area (Å²) in [6, 6.07) is 20.0.